The standard InChI is InChI=1S/C19H17F3N4O3/c1-12(25-26-18(29)17(28)24-14-7-3-2-4-8-14)10-16(27)23-15-9-5-6-13(11-15)19(20,21)22/h2-9,11H,10H2,1H3,(H,23,27)(H,24,28)(H,26,29)/b25-12-. The molecule has 0 spiro atoms. The molecule has 2 aromatic rings. The summed E-state index contributed by atoms with van der Waals surface area (Å²) in [5.41, 5.74) is 1.67. The summed E-state index contributed by atoms with van der Waals surface area (Å²) in [5, 5.41) is 8.32. The number of nitrogens with one attached hydrogen (secondary N) is 3. The molecule has 0 aliphatic rings. The first-order chi connectivity index (χ1) is 13.6. The van der Waals surface area contributed by atoms with Crippen molar-refractivity contribution < 1.29 is 27.6 Å². The molecule has 0 saturated heterocycles. The molecule has 2 aromatic carbocycles. The maximum absolute atomic E-state index is 12.7. The third-order valence-electron chi connectivity index (χ3n) is 3.48. The van der Waals surface area contributed by atoms with Gasteiger partial charge in [-0.2, -0.15) is 18.3 Å². The molecule has 0 saturated carbocycles. The SMILES string of the molecule is C/C(CC(=O)Nc1cccc(C(F)(F)F)c1)=N/NC(=O)C(=O)Nc1ccccc1. The van der Waals surface area contributed by atoms with Crippen LogP contribution in [-0.4, -0.2) is 23.4 Å². The van der Waals surface area contributed by atoms with E-state index in [2.05, 4.69) is 15.7 Å². The molecule has 0 bridgehead atoms. The molecule has 3 N–H and O–H groups in total. The summed E-state index contributed by atoms with van der Waals surface area (Å²) in [5.74, 6) is -2.61. The lowest BCUT2D eigenvalue weighted by Crippen LogP contribution is -2.33. The summed E-state index contributed by atoms with van der Waals surface area (Å²) >= 11 is 0. The molecule has 7 nitrogen and oxygen atoms in total. The van der Waals surface area contributed by atoms with E-state index in [1.807, 2.05) is 5.43 Å². The van der Waals surface area contributed by atoms with E-state index in [4.69, 9.17) is 0 Å². The van der Waals surface area contributed by atoms with Gasteiger partial charge in [0, 0.05) is 17.1 Å². The number of hydrogen-bond donors (Lipinski definition) is 3. The van der Waals surface area contributed by atoms with Crippen molar-refractivity contribution in [3.8, 4) is 0 Å². The van der Waals surface area contributed by atoms with Gasteiger partial charge in [0.15, 0.2) is 0 Å². The van der Waals surface area contributed by atoms with E-state index in [9.17, 15) is 27.6 Å². The molecule has 0 heterocycles. The molecule has 0 fully saturated rings. The van der Waals surface area contributed by atoms with Gasteiger partial charge in [-0.05, 0) is 37.3 Å². The summed E-state index contributed by atoms with van der Waals surface area (Å²) in [6.07, 6.45) is -4.82. The van der Waals surface area contributed by atoms with Crippen LogP contribution in [0, 0.1) is 0 Å². The van der Waals surface area contributed by atoms with Gasteiger partial charge >= 0.3 is 18.0 Å². The lowest BCUT2D eigenvalue weighted by molar-refractivity contribution is -0.137. The van der Waals surface area contributed by atoms with E-state index in [1.165, 1.54) is 19.1 Å². The molecule has 0 atom stereocenters. The zero-order valence-electron chi connectivity index (χ0n) is 15.2. The third-order valence-corrected chi connectivity index (χ3v) is 3.48. The van der Waals surface area contributed by atoms with Gasteiger partial charge in [-0.1, -0.05) is 24.3 Å². The molecule has 29 heavy (non-hydrogen) atoms. The molecule has 0 aliphatic heterocycles. The highest BCUT2D eigenvalue weighted by Gasteiger charge is 2.30. The second-order valence-electron chi connectivity index (χ2n) is 5.91. The lowest BCUT2D eigenvalue weighted by Gasteiger charge is -2.10. The molecule has 10 heteroatoms. The average Bonchev–Trinajstić information content (AvgIpc) is 2.66. The molecule has 0 aromatic heterocycles. The topological polar surface area (TPSA) is 99.7 Å². The Hall–Kier alpha value is -3.69. The third kappa shape index (κ3) is 7.09. The fourth-order valence-corrected chi connectivity index (χ4v) is 2.16. The van der Waals surface area contributed by atoms with Crippen LogP contribution in [0.3, 0.4) is 0 Å². The summed E-state index contributed by atoms with van der Waals surface area (Å²) in [4.78, 5) is 35.4. The second-order valence-corrected chi connectivity index (χ2v) is 5.91. The smallest absolute Gasteiger partial charge is 0.326 e. The van der Waals surface area contributed by atoms with E-state index in [0.29, 0.717) is 5.69 Å². The zero-order chi connectivity index (χ0) is 21.4. The van der Waals surface area contributed by atoms with Crippen LogP contribution in [0.4, 0.5) is 24.5 Å². The van der Waals surface area contributed by atoms with Crippen molar-refractivity contribution in [1.29, 1.82) is 0 Å². The molecular formula is C19H17F3N4O3. The first-order valence-electron chi connectivity index (χ1n) is 8.32. The van der Waals surface area contributed by atoms with E-state index in [0.717, 1.165) is 12.1 Å². The minimum Gasteiger partial charge on any atom is -0.326 e. The number of rotatable bonds is 5. The van der Waals surface area contributed by atoms with Gasteiger partial charge in [-0.25, -0.2) is 5.43 Å². The predicted molar refractivity (Wildman–Crippen MR) is 101 cm³/mol. The Balaban J connectivity index is 1.86. The first kappa shape index (κ1) is 21.6. The summed E-state index contributed by atoms with van der Waals surface area (Å²) < 4.78 is 38.1. The Kier molecular flexibility index (Phi) is 7.07. The highest BCUT2D eigenvalue weighted by atomic mass is 19.4. The Bertz CT molecular complexity index is 928. The van der Waals surface area contributed by atoms with Gasteiger partial charge in [0.1, 0.15) is 0 Å². The first-order valence-corrected chi connectivity index (χ1v) is 8.32. The lowest BCUT2D eigenvalue weighted by atomic mass is 10.2. The number of para-hydroxylation sites is 1. The number of hydrogen-bond acceptors (Lipinski definition) is 4. The Morgan fingerprint density at radius 3 is 2.21 bits per heavy atom. The molecule has 152 valence electrons. The largest absolute Gasteiger partial charge is 0.416 e. The van der Waals surface area contributed by atoms with Crippen LogP contribution >= 0.6 is 0 Å². The summed E-state index contributed by atoms with van der Waals surface area (Å²) in [7, 11) is 0. The van der Waals surface area contributed by atoms with Crippen molar-refractivity contribution in [2.75, 3.05) is 10.6 Å². The van der Waals surface area contributed by atoms with E-state index < -0.39 is 29.5 Å². The molecule has 3 amide bonds. The van der Waals surface area contributed by atoms with Crippen molar-refractivity contribution in [3.63, 3.8) is 0 Å². The highest BCUT2D eigenvalue weighted by Crippen LogP contribution is 2.30. The maximum atomic E-state index is 12.7. The number of carbonyl (C=O) groups is 3. The van der Waals surface area contributed by atoms with Gasteiger partial charge in [-0.3, -0.25) is 14.4 Å². The molecule has 0 unspecified atom stereocenters. The number of anilines is 2. The van der Waals surface area contributed by atoms with E-state index >= 15 is 0 Å². The van der Waals surface area contributed by atoms with Crippen LogP contribution in [0.2, 0.25) is 0 Å². The monoisotopic (exact) mass is 406 g/mol. The minimum atomic E-state index is -4.53. The van der Waals surface area contributed by atoms with Gasteiger partial charge in [0.05, 0.1) is 12.0 Å². The molecule has 0 aliphatic carbocycles. The number of alkyl halides is 3. The minimum absolute atomic E-state index is 0.0242. The van der Waals surface area contributed by atoms with Crippen LogP contribution in [0.1, 0.15) is 18.9 Å². The van der Waals surface area contributed by atoms with Crippen LogP contribution in [0.25, 0.3) is 0 Å². The summed E-state index contributed by atoms with van der Waals surface area (Å²) in [6.45, 7) is 1.42. The van der Waals surface area contributed by atoms with Crippen molar-refractivity contribution >= 4 is 34.8 Å². The van der Waals surface area contributed by atoms with E-state index in [-0.39, 0.29) is 17.8 Å². The number of benzene rings is 2. The normalized spacial score (nSPS) is 11.5. The van der Waals surface area contributed by atoms with Crippen LogP contribution in [-0.2, 0) is 20.6 Å². The van der Waals surface area contributed by atoms with Gasteiger partial charge in [-0.15, -0.1) is 0 Å². The maximum Gasteiger partial charge on any atom is 0.416 e. The van der Waals surface area contributed by atoms with Crippen LogP contribution in [0.5, 0.6) is 0 Å². The van der Waals surface area contributed by atoms with Gasteiger partial charge in [0.2, 0.25) is 5.91 Å². The second kappa shape index (κ2) is 9.49. The molecule has 0 radical (unpaired) electrons. The van der Waals surface area contributed by atoms with Crippen molar-refractivity contribution in [2.45, 2.75) is 19.5 Å². The quantitative estimate of drug-likeness (QED) is 0.404. The number of carbonyl (C=O) groups excluding carboxylic acids is 3. The molecular weight excluding hydrogens is 389 g/mol. The zero-order valence-corrected chi connectivity index (χ0v) is 15.2. The van der Waals surface area contributed by atoms with Crippen molar-refractivity contribution in [2.24, 2.45) is 5.10 Å². The van der Waals surface area contributed by atoms with E-state index in [1.54, 1.807) is 30.3 Å². The molecule has 2 rings (SSSR count). The average molecular weight is 406 g/mol. The van der Waals surface area contributed by atoms with Gasteiger partial charge in [0.25, 0.3) is 0 Å². The summed E-state index contributed by atoms with van der Waals surface area (Å²) in [6, 6.07) is 12.5. The number of hydrazone groups is 1. The number of amides is 3. The van der Waals surface area contributed by atoms with Crippen molar-refractivity contribution in [3.05, 3.63) is 60.2 Å². The van der Waals surface area contributed by atoms with Crippen LogP contribution < -0.4 is 16.1 Å². The number of halogens is 3. The number of nitrogens with zero attached hydrogens (tertiary/aromatic N) is 1. The Labute approximate surface area is 164 Å². The Morgan fingerprint density at radius 2 is 1.55 bits per heavy atom. The van der Waals surface area contributed by atoms with Gasteiger partial charge < -0.3 is 10.6 Å². The fraction of sp³-hybridized carbons (Fsp3) is 0.158. The highest BCUT2D eigenvalue weighted by molar-refractivity contribution is 6.39. The van der Waals surface area contributed by atoms with Crippen molar-refractivity contribution in [1.82, 2.24) is 5.43 Å². The fourth-order valence-electron chi connectivity index (χ4n) is 2.16. The van der Waals surface area contributed by atoms with Crippen LogP contribution in [0.15, 0.2) is 59.7 Å². The predicted octanol–water partition coefficient (Wildman–Crippen LogP) is 3.16. The Morgan fingerprint density at radius 1 is 0.897 bits per heavy atom.